The zero-order valence-corrected chi connectivity index (χ0v) is 19.4. The molecule has 0 spiro atoms. The van der Waals surface area contributed by atoms with Crippen molar-refractivity contribution in [3.8, 4) is 11.1 Å². The molecule has 0 aliphatic heterocycles. The molecular weight excluding hydrogens is 398 g/mol. The van der Waals surface area contributed by atoms with Crippen molar-refractivity contribution < 1.29 is 8.78 Å². The van der Waals surface area contributed by atoms with Crippen LogP contribution in [0.2, 0.25) is 0 Å². The number of aryl methyl sites for hydroxylation is 2. The van der Waals surface area contributed by atoms with Gasteiger partial charge in [-0.25, -0.2) is 18.3 Å². The van der Waals surface area contributed by atoms with Gasteiger partial charge in [-0.15, -0.1) is 5.10 Å². The van der Waals surface area contributed by atoms with E-state index >= 15 is 0 Å². The molecule has 0 unspecified atom stereocenters. The van der Waals surface area contributed by atoms with Crippen LogP contribution in [0.4, 0.5) is 20.4 Å². The Balaban J connectivity index is 0.000000614. The lowest BCUT2D eigenvalue weighted by Crippen LogP contribution is -2.21. The van der Waals surface area contributed by atoms with Crippen molar-refractivity contribution in [2.45, 2.75) is 54.4 Å². The lowest BCUT2D eigenvalue weighted by molar-refractivity contribution is 0.144. The fourth-order valence-electron chi connectivity index (χ4n) is 2.90. The third kappa shape index (κ3) is 6.80. The minimum absolute atomic E-state index is 0.0278. The van der Waals surface area contributed by atoms with Crippen LogP contribution < -0.4 is 5.32 Å². The Labute approximate surface area is 182 Å². The van der Waals surface area contributed by atoms with Crippen molar-refractivity contribution in [3.63, 3.8) is 0 Å². The van der Waals surface area contributed by atoms with E-state index in [9.17, 15) is 8.78 Å². The van der Waals surface area contributed by atoms with E-state index in [4.69, 9.17) is 0 Å². The first-order chi connectivity index (χ1) is 14.6. The number of benzene rings is 1. The molecule has 0 saturated heterocycles. The van der Waals surface area contributed by atoms with Crippen LogP contribution in [0.5, 0.6) is 0 Å². The summed E-state index contributed by atoms with van der Waals surface area (Å²) in [6.07, 6.45) is -0.161. The number of hydrogen-bond donors (Lipinski definition) is 1. The van der Waals surface area contributed by atoms with Gasteiger partial charge in [0.25, 0.3) is 0 Å². The van der Waals surface area contributed by atoms with Gasteiger partial charge in [0, 0.05) is 31.8 Å². The van der Waals surface area contributed by atoms with E-state index in [1.165, 1.54) is 6.92 Å². The first kappa shape index (κ1) is 24.4. The van der Waals surface area contributed by atoms with Crippen molar-refractivity contribution in [1.29, 1.82) is 0 Å². The number of hydrogen-bond acceptors (Lipinski definition) is 5. The number of aromatic nitrogens is 3. The summed E-state index contributed by atoms with van der Waals surface area (Å²) in [5.41, 5.74) is 6.37. The van der Waals surface area contributed by atoms with Gasteiger partial charge in [0.15, 0.2) is 0 Å². The summed E-state index contributed by atoms with van der Waals surface area (Å²) in [6, 6.07) is 8.28. The molecular formula is C23H32F2N6. The summed E-state index contributed by atoms with van der Waals surface area (Å²) >= 11 is 0. The number of rotatable bonds is 5. The van der Waals surface area contributed by atoms with Crippen LogP contribution in [-0.2, 0) is 0 Å². The minimum atomic E-state index is -2.12. The Hall–Kier alpha value is -2.90. The molecule has 3 aromatic rings. The molecule has 168 valence electrons. The maximum absolute atomic E-state index is 10.8. The zero-order valence-electron chi connectivity index (χ0n) is 19.4. The van der Waals surface area contributed by atoms with Gasteiger partial charge in [0.2, 0.25) is 12.4 Å². The summed E-state index contributed by atoms with van der Waals surface area (Å²) in [6.45, 7) is 12.9. The predicted octanol–water partition coefficient (Wildman–Crippen LogP) is 6.85. The molecule has 31 heavy (non-hydrogen) atoms. The van der Waals surface area contributed by atoms with E-state index in [0.717, 1.165) is 40.1 Å². The summed E-state index contributed by atoms with van der Waals surface area (Å²) < 4.78 is 23.4. The molecule has 0 bridgehead atoms. The second-order valence-electron chi connectivity index (χ2n) is 8.56. The average molecular weight is 431 g/mol. The van der Waals surface area contributed by atoms with Crippen molar-refractivity contribution in [2.24, 2.45) is 15.6 Å². The number of anilines is 1. The molecule has 0 amide bonds. The number of alkyl halides is 2. The number of nitrogens with one attached hydrogen (secondary N) is 1. The Morgan fingerprint density at radius 1 is 1.16 bits per heavy atom. The van der Waals surface area contributed by atoms with Crippen LogP contribution in [0.3, 0.4) is 0 Å². The number of halogens is 2. The summed E-state index contributed by atoms with van der Waals surface area (Å²) in [7, 11) is 1.68. The Kier molecular flexibility index (Phi) is 8.19. The van der Waals surface area contributed by atoms with E-state index in [2.05, 4.69) is 64.6 Å². The van der Waals surface area contributed by atoms with Crippen molar-refractivity contribution >= 4 is 17.2 Å². The molecule has 0 fully saturated rings. The Morgan fingerprint density at radius 2 is 1.84 bits per heavy atom. The lowest BCUT2D eigenvalue weighted by atomic mass is 9.97. The summed E-state index contributed by atoms with van der Waals surface area (Å²) in [5.74, 6) is 0.655. The van der Waals surface area contributed by atoms with Gasteiger partial charge in [0.1, 0.15) is 0 Å². The zero-order chi connectivity index (χ0) is 23.2. The topological polar surface area (TPSA) is 66.9 Å². The highest BCUT2D eigenvalue weighted by Crippen LogP contribution is 2.31. The van der Waals surface area contributed by atoms with Crippen LogP contribution >= 0.6 is 0 Å². The predicted molar refractivity (Wildman–Crippen MR) is 123 cm³/mol. The molecule has 0 aliphatic carbocycles. The van der Waals surface area contributed by atoms with Gasteiger partial charge in [-0.1, -0.05) is 33.8 Å². The van der Waals surface area contributed by atoms with Crippen LogP contribution in [0.15, 0.2) is 40.7 Å². The van der Waals surface area contributed by atoms with Gasteiger partial charge < -0.3 is 5.32 Å². The van der Waals surface area contributed by atoms with Gasteiger partial charge >= 0.3 is 0 Å². The molecule has 0 saturated carbocycles. The molecule has 8 heteroatoms. The third-order valence-corrected chi connectivity index (χ3v) is 4.49. The highest BCUT2D eigenvalue weighted by Gasteiger charge is 2.14. The fourth-order valence-corrected chi connectivity index (χ4v) is 2.90. The van der Waals surface area contributed by atoms with E-state index in [-0.39, 0.29) is 11.8 Å². The molecule has 2 heterocycles. The quantitative estimate of drug-likeness (QED) is 0.450. The van der Waals surface area contributed by atoms with Crippen LogP contribution in [-0.4, -0.2) is 34.6 Å². The second-order valence-corrected chi connectivity index (χ2v) is 8.56. The third-order valence-electron chi connectivity index (χ3n) is 4.49. The van der Waals surface area contributed by atoms with Crippen LogP contribution in [0.25, 0.3) is 16.6 Å². The summed E-state index contributed by atoms with van der Waals surface area (Å²) in [5, 5.41) is 16.0. The molecule has 0 aliphatic rings. The SMILES string of the molecule is CCC(F)F.CN=Nc1ccc(-c2ccn3nc(NCC(C)(C)C)nc(C)c23)cc1C. The molecule has 0 radical (unpaired) electrons. The maximum Gasteiger partial charge on any atom is 0.241 e. The highest BCUT2D eigenvalue weighted by atomic mass is 19.3. The largest absolute Gasteiger partial charge is 0.352 e. The fraction of sp³-hybridized carbons (Fsp3) is 0.478. The Bertz CT molecular complexity index is 1030. The van der Waals surface area contributed by atoms with Crippen molar-refractivity contribution in [1.82, 2.24) is 14.6 Å². The summed E-state index contributed by atoms with van der Waals surface area (Å²) in [4.78, 5) is 4.66. The van der Waals surface area contributed by atoms with Crippen LogP contribution in [0.1, 0.15) is 45.4 Å². The average Bonchev–Trinajstić information content (AvgIpc) is 3.12. The van der Waals surface area contributed by atoms with E-state index in [0.29, 0.717) is 5.95 Å². The van der Waals surface area contributed by atoms with E-state index < -0.39 is 6.43 Å². The first-order valence-electron chi connectivity index (χ1n) is 10.3. The molecule has 3 rings (SSSR count). The normalized spacial score (nSPS) is 11.8. The van der Waals surface area contributed by atoms with Gasteiger partial charge in [-0.05, 0) is 48.6 Å². The second kappa shape index (κ2) is 10.4. The smallest absolute Gasteiger partial charge is 0.241 e. The highest BCUT2D eigenvalue weighted by molar-refractivity contribution is 5.83. The standard InChI is InChI=1S/C20H26N6.C3H6F2/c1-13-11-15(7-8-17(13)24-21-6)16-9-10-26-18(16)14(2)23-19(25-26)22-12-20(3,4)5;1-2-3(4)5/h7-11H,12H2,1-6H3,(H,22,25);3H,2H2,1H3. The molecule has 1 N–H and O–H groups in total. The van der Waals surface area contributed by atoms with Crippen LogP contribution in [0, 0.1) is 19.3 Å². The monoisotopic (exact) mass is 430 g/mol. The van der Waals surface area contributed by atoms with Crippen molar-refractivity contribution in [2.75, 3.05) is 18.9 Å². The van der Waals surface area contributed by atoms with Gasteiger partial charge in [0.05, 0.1) is 16.9 Å². The number of fused-ring (bicyclic) bond motifs is 1. The lowest BCUT2D eigenvalue weighted by Gasteiger charge is -2.18. The van der Waals surface area contributed by atoms with Crippen molar-refractivity contribution in [3.05, 3.63) is 41.7 Å². The first-order valence-corrected chi connectivity index (χ1v) is 10.3. The minimum Gasteiger partial charge on any atom is -0.352 e. The molecule has 0 atom stereocenters. The molecule has 1 aromatic carbocycles. The van der Waals surface area contributed by atoms with Gasteiger partial charge in [-0.2, -0.15) is 10.2 Å². The molecule has 6 nitrogen and oxygen atoms in total. The molecule has 2 aromatic heterocycles. The maximum atomic E-state index is 10.8. The van der Waals surface area contributed by atoms with E-state index in [1.807, 2.05) is 30.6 Å². The van der Waals surface area contributed by atoms with Gasteiger partial charge in [-0.3, -0.25) is 0 Å². The Morgan fingerprint density at radius 3 is 2.39 bits per heavy atom. The van der Waals surface area contributed by atoms with E-state index in [1.54, 1.807) is 7.05 Å². The number of azo groups is 1. The number of nitrogens with zero attached hydrogens (tertiary/aromatic N) is 5.